The number of likely N-dealkylation sites (tertiary alicyclic amines) is 1. The minimum absolute atomic E-state index is 0.0213. The van der Waals surface area contributed by atoms with Crippen molar-refractivity contribution in [2.75, 3.05) is 47.0 Å². The number of carbonyl (C=O) groups excluding carboxylic acids is 2. The van der Waals surface area contributed by atoms with Crippen molar-refractivity contribution in [2.45, 2.75) is 51.0 Å². The highest BCUT2D eigenvalue weighted by Crippen LogP contribution is 2.33. The number of pyridine rings is 1. The van der Waals surface area contributed by atoms with Gasteiger partial charge >= 0.3 is 0 Å². The Kier molecular flexibility index (Phi) is 11.2. The van der Waals surface area contributed by atoms with Gasteiger partial charge in [0.1, 0.15) is 5.75 Å². The summed E-state index contributed by atoms with van der Waals surface area (Å²) in [5.41, 5.74) is 3.03. The van der Waals surface area contributed by atoms with Gasteiger partial charge in [-0.3, -0.25) is 19.5 Å². The molecule has 234 valence electrons. The van der Waals surface area contributed by atoms with Crippen LogP contribution in [0.15, 0.2) is 67.0 Å². The first-order chi connectivity index (χ1) is 21.5. The second-order valence-corrected chi connectivity index (χ2v) is 11.3. The minimum atomic E-state index is -0.245. The van der Waals surface area contributed by atoms with E-state index in [1.165, 1.54) is 0 Å². The number of ether oxygens (including phenoxy) is 4. The molecular formula is C34H42N4O6. The van der Waals surface area contributed by atoms with Crippen LogP contribution in [0.25, 0.3) is 0 Å². The highest BCUT2D eigenvalue weighted by Gasteiger charge is 2.32. The molecule has 3 aliphatic rings. The van der Waals surface area contributed by atoms with Gasteiger partial charge in [-0.25, -0.2) is 0 Å². The van der Waals surface area contributed by atoms with Crippen molar-refractivity contribution in [3.63, 3.8) is 0 Å². The van der Waals surface area contributed by atoms with E-state index in [4.69, 9.17) is 18.9 Å². The predicted octanol–water partition coefficient (Wildman–Crippen LogP) is 3.97. The molecule has 4 heterocycles. The van der Waals surface area contributed by atoms with Crippen molar-refractivity contribution in [2.24, 2.45) is 0 Å². The summed E-state index contributed by atoms with van der Waals surface area (Å²) in [7, 11) is 3.23. The summed E-state index contributed by atoms with van der Waals surface area (Å²) in [5, 5.41) is 3.22. The average molecular weight is 603 g/mol. The van der Waals surface area contributed by atoms with E-state index in [-0.39, 0.29) is 36.9 Å². The number of aryl methyl sites for hydroxylation is 1. The van der Waals surface area contributed by atoms with Gasteiger partial charge in [-0.15, -0.1) is 0 Å². The highest BCUT2D eigenvalue weighted by molar-refractivity contribution is 5.85. The molecule has 44 heavy (non-hydrogen) atoms. The molecule has 2 aromatic carbocycles. The lowest BCUT2D eigenvalue weighted by molar-refractivity contribution is -0.137. The molecule has 0 radical (unpaired) electrons. The number of hydrogen-bond donors (Lipinski definition) is 1. The predicted molar refractivity (Wildman–Crippen MR) is 166 cm³/mol. The van der Waals surface area contributed by atoms with Crippen LogP contribution in [-0.2, 0) is 38.6 Å². The van der Waals surface area contributed by atoms with E-state index in [9.17, 15) is 9.59 Å². The van der Waals surface area contributed by atoms with Crippen molar-refractivity contribution in [1.29, 1.82) is 0 Å². The van der Waals surface area contributed by atoms with Gasteiger partial charge in [-0.05, 0) is 66.3 Å². The fourth-order valence-corrected chi connectivity index (χ4v) is 5.74. The molecule has 2 atom stereocenters. The third-order valence-corrected chi connectivity index (χ3v) is 8.02. The number of methoxy groups -OCH3 is 2. The Hall–Kier alpha value is -3.99. The maximum atomic E-state index is 13.5. The first kappa shape index (κ1) is 31.4. The summed E-state index contributed by atoms with van der Waals surface area (Å²) >= 11 is 0. The molecule has 0 spiro atoms. The number of aromatic nitrogens is 1. The monoisotopic (exact) mass is 602 g/mol. The molecule has 10 heteroatoms. The maximum absolute atomic E-state index is 13.5. The molecule has 10 nitrogen and oxygen atoms in total. The zero-order chi connectivity index (χ0) is 30.7. The number of carbonyl (C=O) groups is 2. The molecule has 1 fully saturated rings. The average Bonchev–Trinajstić information content (AvgIpc) is 3.03. The van der Waals surface area contributed by atoms with Crippen LogP contribution < -0.4 is 14.8 Å². The van der Waals surface area contributed by atoms with E-state index in [0.717, 1.165) is 36.2 Å². The smallest absolute Gasteiger partial charge is 0.239 e. The number of rotatable bonds is 7. The van der Waals surface area contributed by atoms with Gasteiger partial charge in [0.05, 0.1) is 32.4 Å². The van der Waals surface area contributed by atoms with Crippen LogP contribution in [0, 0.1) is 0 Å². The number of nitrogens with one attached hydrogen (secondary N) is 1. The standard InChI is InChI=1S/C34H42N4O6/c1-41-17-5-15-38-23-33(39)36-29-22-37(21-27-7-4-14-35-20-27)16-13-30(29)43-24-26-6-3-8-28(18-26)44-31-11-9-25(10-12-34(38)40)19-32(31)42-2/h3-4,6-9,11,14,18-20,29-30H,5,10,12-13,15-17,21-24H2,1-2H3,(H,36,39)/t29-,30+/m0/s1. The van der Waals surface area contributed by atoms with Crippen molar-refractivity contribution < 1.29 is 28.5 Å². The molecule has 1 aromatic heterocycles. The minimum Gasteiger partial charge on any atom is -0.493 e. The molecule has 3 aromatic rings. The first-order valence-electron chi connectivity index (χ1n) is 15.2. The molecule has 1 N–H and O–H groups in total. The van der Waals surface area contributed by atoms with Gasteiger partial charge in [0.15, 0.2) is 11.5 Å². The number of benzene rings is 2. The van der Waals surface area contributed by atoms with E-state index in [0.29, 0.717) is 56.4 Å². The zero-order valence-electron chi connectivity index (χ0n) is 25.6. The summed E-state index contributed by atoms with van der Waals surface area (Å²) < 4.78 is 23.5. The lowest BCUT2D eigenvalue weighted by atomic mass is 10.0. The Balaban J connectivity index is 1.39. The summed E-state index contributed by atoms with van der Waals surface area (Å²) in [5.74, 6) is 1.58. The third-order valence-electron chi connectivity index (χ3n) is 8.02. The second kappa shape index (κ2) is 15.7. The van der Waals surface area contributed by atoms with Crippen LogP contribution in [0.1, 0.15) is 36.0 Å². The second-order valence-electron chi connectivity index (χ2n) is 11.3. The fraction of sp³-hybridized carbons (Fsp3) is 0.441. The van der Waals surface area contributed by atoms with Crippen LogP contribution >= 0.6 is 0 Å². The SMILES string of the molecule is COCCCN1CC(=O)N[C@H]2CN(Cc3cccnc3)CC[C@H]2OCc2cccc(c2)Oc2ccc(cc2OC)CCC1=O. The zero-order valence-corrected chi connectivity index (χ0v) is 25.6. The number of amides is 2. The van der Waals surface area contributed by atoms with Gasteiger partial charge in [0, 0.05) is 58.7 Å². The van der Waals surface area contributed by atoms with E-state index < -0.39 is 0 Å². The molecule has 0 saturated carbocycles. The molecule has 6 rings (SSSR count). The van der Waals surface area contributed by atoms with Crippen molar-refractivity contribution >= 4 is 11.8 Å². The van der Waals surface area contributed by atoms with Crippen LogP contribution in [0.4, 0.5) is 0 Å². The van der Waals surface area contributed by atoms with Gasteiger partial charge in [-0.2, -0.15) is 0 Å². The highest BCUT2D eigenvalue weighted by atomic mass is 16.5. The van der Waals surface area contributed by atoms with E-state index in [1.807, 2.05) is 54.7 Å². The molecule has 0 unspecified atom stereocenters. The summed E-state index contributed by atoms with van der Waals surface area (Å²) in [4.78, 5) is 35.1. The first-order valence-corrected chi connectivity index (χ1v) is 15.2. The number of hydrogen-bond acceptors (Lipinski definition) is 8. The van der Waals surface area contributed by atoms with Gasteiger partial charge in [0.25, 0.3) is 0 Å². The van der Waals surface area contributed by atoms with Crippen LogP contribution in [0.3, 0.4) is 0 Å². The van der Waals surface area contributed by atoms with E-state index >= 15 is 0 Å². The van der Waals surface area contributed by atoms with E-state index in [1.54, 1.807) is 25.3 Å². The molecular weight excluding hydrogens is 560 g/mol. The Morgan fingerprint density at radius 1 is 1.05 bits per heavy atom. The lowest BCUT2D eigenvalue weighted by Crippen LogP contribution is -2.57. The van der Waals surface area contributed by atoms with E-state index in [2.05, 4.69) is 21.3 Å². The largest absolute Gasteiger partial charge is 0.493 e. The number of piperidine rings is 1. The quantitative estimate of drug-likeness (QED) is 0.406. The van der Waals surface area contributed by atoms with Gasteiger partial charge in [-0.1, -0.05) is 24.3 Å². The molecule has 0 aliphatic carbocycles. The van der Waals surface area contributed by atoms with Crippen LogP contribution in [0.5, 0.6) is 17.2 Å². The molecule has 3 aliphatic heterocycles. The lowest BCUT2D eigenvalue weighted by Gasteiger charge is -2.39. The van der Waals surface area contributed by atoms with Gasteiger partial charge < -0.3 is 29.2 Å². The van der Waals surface area contributed by atoms with Crippen molar-refractivity contribution in [3.05, 3.63) is 83.7 Å². The number of fused-ring (bicyclic) bond motifs is 9. The Bertz CT molecular complexity index is 1390. The molecule has 4 bridgehead atoms. The summed E-state index contributed by atoms with van der Waals surface area (Å²) in [6, 6.07) is 17.3. The fourth-order valence-electron chi connectivity index (χ4n) is 5.74. The maximum Gasteiger partial charge on any atom is 0.239 e. The summed E-state index contributed by atoms with van der Waals surface area (Å²) in [6.07, 6.45) is 5.61. The normalized spacial score (nSPS) is 20.1. The Morgan fingerprint density at radius 3 is 2.77 bits per heavy atom. The molecule has 2 amide bonds. The Labute approximate surface area is 259 Å². The van der Waals surface area contributed by atoms with Crippen LogP contribution in [-0.4, -0.2) is 85.7 Å². The van der Waals surface area contributed by atoms with Crippen LogP contribution in [0.2, 0.25) is 0 Å². The number of nitrogens with zero attached hydrogens (tertiary/aromatic N) is 3. The van der Waals surface area contributed by atoms with Crippen molar-refractivity contribution in [3.8, 4) is 17.2 Å². The van der Waals surface area contributed by atoms with Gasteiger partial charge in [0.2, 0.25) is 11.8 Å². The third kappa shape index (κ3) is 8.78. The molecule has 1 saturated heterocycles. The Morgan fingerprint density at radius 2 is 1.95 bits per heavy atom. The summed E-state index contributed by atoms with van der Waals surface area (Å²) in [6.45, 7) is 3.47. The topological polar surface area (TPSA) is 102 Å². The van der Waals surface area contributed by atoms with Crippen molar-refractivity contribution in [1.82, 2.24) is 20.1 Å².